The molecule has 4 N–H and O–H groups in total. The van der Waals surface area contributed by atoms with Crippen LogP contribution in [0.3, 0.4) is 0 Å². The van der Waals surface area contributed by atoms with Crippen LogP contribution in [0, 0.1) is 12.8 Å². The van der Waals surface area contributed by atoms with Crippen LogP contribution in [0.4, 0.5) is 5.82 Å². The van der Waals surface area contributed by atoms with Gasteiger partial charge in [-0.25, -0.2) is 4.98 Å². The van der Waals surface area contributed by atoms with Gasteiger partial charge in [0.1, 0.15) is 5.82 Å². The van der Waals surface area contributed by atoms with Crippen molar-refractivity contribution in [3.05, 3.63) is 23.9 Å². The van der Waals surface area contributed by atoms with Crippen LogP contribution < -0.4 is 16.4 Å². The Morgan fingerprint density at radius 1 is 1.29 bits per heavy atom. The number of pyridine rings is 1. The lowest BCUT2D eigenvalue weighted by Gasteiger charge is -2.15. The lowest BCUT2D eigenvalue weighted by atomic mass is 10.1. The van der Waals surface area contributed by atoms with Crippen LogP contribution in [0.2, 0.25) is 0 Å². The van der Waals surface area contributed by atoms with E-state index in [0.717, 1.165) is 24.3 Å². The molecular formula is C14H26Cl2N4O. The van der Waals surface area contributed by atoms with Gasteiger partial charge in [-0.15, -0.1) is 24.8 Å². The van der Waals surface area contributed by atoms with Crippen molar-refractivity contribution in [1.82, 2.24) is 10.3 Å². The van der Waals surface area contributed by atoms with Gasteiger partial charge in [0.2, 0.25) is 5.91 Å². The summed E-state index contributed by atoms with van der Waals surface area (Å²) in [5.74, 6) is 0.939. The molecule has 122 valence electrons. The van der Waals surface area contributed by atoms with E-state index in [1.165, 1.54) is 0 Å². The maximum atomic E-state index is 11.6. The van der Waals surface area contributed by atoms with Gasteiger partial charge in [0.25, 0.3) is 0 Å². The summed E-state index contributed by atoms with van der Waals surface area (Å²) in [7, 11) is 0. The minimum absolute atomic E-state index is 0. The number of amides is 1. The van der Waals surface area contributed by atoms with E-state index in [1.54, 1.807) is 0 Å². The zero-order valence-electron chi connectivity index (χ0n) is 12.8. The highest BCUT2D eigenvalue weighted by molar-refractivity contribution is 5.85. The van der Waals surface area contributed by atoms with Crippen molar-refractivity contribution in [3.63, 3.8) is 0 Å². The number of nitrogens with one attached hydrogen (secondary N) is 2. The highest BCUT2D eigenvalue weighted by Crippen LogP contribution is 2.03. The average Bonchev–Trinajstić information content (AvgIpc) is 2.39. The highest BCUT2D eigenvalue weighted by Gasteiger charge is 2.15. The van der Waals surface area contributed by atoms with Crippen molar-refractivity contribution in [1.29, 1.82) is 0 Å². The topological polar surface area (TPSA) is 80.0 Å². The molecule has 1 atom stereocenters. The fraction of sp³-hybridized carbons (Fsp3) is 0.571. The van der Waals surface area contributed by atoms with Crippen LogP contribution in [0.5, 0.6) is 0 Å². The normalized spacial score (nSPS) is 11.1. The number of aryl methyl sites for hydroxylation is 1. The summed E-state index contributed by atoms with van der Waals surface area (Å²) < 4.78 is 0. The van der Waals surface area contributed by atoms with Gasteiger partial charge < -0.3 is 16.4 Å². The van der Waals surface area contributed by atoms with E-state index >= 15 is 0 Å². The number of carbonyl (C=O) groups excluding carboxylic acids is 1. The summed E-state index contributed by atoms with van der Waals surface area (Å²) in [4.78, 5) is 15.8. The molecule has 0 aliphatic heterocycles. The van der Waals surface area contributed by atoms with E-state index < -0.39 is 6.04 Å². The first kappa shape index (κ1) is 22.2. The van der Waals surface area contributed by atoms with Gasteiger partial charge in [-0.3, -0.25) is 4.79 Å². The van der Waals surface area contributed by atoms with Gasteiger partial charge in [0, 0.05) is 19.3 Å². The van der Waals surface area contributed by atoms with E-state index in [0.29, 0.717) is 6.54 Å². The molecular weight excluding hydrogens is 311 g/mol. The Kier molecular flexibility index (Phi) is 12.3. The Bertz CT molecular complexity index is 398. The molecule has 1 aromatic rings. The molecule has 0 spiro atoms. The molecule has 0 fully saturated rings. The number of anilines is 1. The summed E-state index contributed by atoms with van der Waals surface area (Å²) in [6.07, 6.45) is 2.66. The molecule has 0 saturated carbocycles. The lowest BCUT2D eigenvalue weighted by Crippen LogP contribution is -2.44. The number of carbonyl (C=O) groups is 1. The third kappa shape index (κ3) is 8.75. The van der Waals surface area contributed by atoms with Crippen molar-refractivity contribution in [2.24, 2.45) is 11.7 Å². The standard InChI is InChI=1S/C14H24N4O.2ClH/c1-10(2)13(15)14(19)17-8-4-7-16-12-6-5-11(3)9-18-12;;/h5-6,9-10,13H,4,7-8,15H2,1-3H3,(H,16,18)(H,17,19);2*1H/t13-;;/m0../s1. The summed E-state index contributed by atoms with van der Waals surface area (Å²) in [6.45, 7) is 7.28. The van der Waals surface area contributed by atoms with Crippen molar-refractivity contribution >= 4 is 36.5 Å². The minimum Gasteiger partial charge on any atom is -0.370 e. The zero-order valence-corrected chi connectivity index (χ0v) is 14.4. The first-order valence-corrected chi connectivity index (χ1v) is 6.70. The van der Waals surface area contributed by atoms with Crippen LogP contribution in [0.15, 0.2) is 18.3 Å². The number of nitrogens with two attached hydrogens (primary N) is 1. The summed E-state index contributed by atoms with van der Waals surface area (Å²) in [6, 6.07) is 3.54. The largest absolute Gasteiger partial charge is 0.370 e. The van der Waals surface area contributed by atoms with Crippen molar-refractivity contribution in [2.45, 2.75) is 33.2 Å². The molecule has 0 unspecified atom stereocenters. The molecule has 21 heavy (non-hydrogen) atoms. The maximum absolute atomic E-state index is 11.6. The number of halogens is 2. The number of hydrogen-bond donors (Lipinski definition) is 3. The van der Waals surface area contributed by atoms with Gasteiger partial charge in [-0.05, 0) is 30.9 Å². The van der Waals surface area contributed by atoms with Gasteiger partial charge >= 0.3 is 0 Å². The summed E-state index contributed by atoms with van der Waals surface area (Å²) >= 11 is 0. The predicted octanol–water partition coefficient (Wildman–Crippen LogP) is 2.14. The van der Waals surface area contributed by atoms with Gasteiger partial charge in [-0.1, -0.05) is 19.9 Å². The minimum atomic E-state index is -0.424. The monoisotopic (exact) mass is 336 g/mol. The Morgan fingerprint density at radius 2 is 1.95 bits per heavy atom. The maximum Gasteiger partial charge on any atom is 0.237 e. The SMILES string of the molecule is Cc1ccc(NCCCNC(=O)[C@@H](N)C(C)C)nc1.Cl.Cl. The van der Waals surface area contributed by atoms with Crippen LogP contribution in [0.1, 0.15) is 25.8 Å². The summed E-state index contributed by atoms with van der Waals surface area (Å²) in [5.41, 5.74) is 6.88. The Hall–Kier alpha value is -1.04. The van der Waals surface area contributed by atoms with Crippen molar-refractivity contribution in [2.75, 3.05) is 18.4 Å². The van der Waals surface area contributed by atoms with Crippen LogP contribution in [0.25, 0.3) is 0 Å². The lowest BCUT2D eigenvalue weighted by molar-refractivity contribution is -0.123. The second-order valence-electron chi connectivity index (χ2n) is 5.06. The molecule has 0 radical (unpaired) electrons. The molecule has 0 aliphatic rings. The van der Waals surface area contributed by atoms with E-state index in [1.807, 2.05) is 39.1 Å². The van der Waals surface area contributed by atoms with E-state index in [2.05, 4.69) is 15.6 Å². The third-order valence-corrected chi connectivity index (χ3v) is 2.89. The first-order valence-electron chi connectivity index (χ1n) is 6.70. The second-order valence-corrected chi connectivity index (χ2v) is 5.06. The number of aromatic nitrogens is 1. The molecule has 0 bridgehead atoms. The Labute approximate surface area is 139 Å². The number of rotatable bonds is 7. The van der Waals surface area contributed by atoms with Crippen LogP contribution in [-0.4, -0.2) is 30.0 Å². The third-order valence-electron chi connectivity index (χ3n) is 2.89. The molecule has 0 aliphatic carbocycles. The molecule has 5 nitrogen and oxygen atoms in total. The molecule has 1 amide bonds. The quantitative estimate of drug-likeness (QED) is 0.666. The van der Waals surface area contributed by atoms with Gasteiger partial charge in [-0.2, -0.15) is 0 Å². The average molecular weight is 337 g/mol. The number of nitrogens with zero attached hydrogens (tertiary/aromatic N) is 1. The van der Waals surface area contributed by atoms with Crippen molar-refractivity contribution in [3.8, 4) is 0 Å². The Morgan fingerprint density at radius 3 is 2.48 bits per heavy atom. The van der Waals surface area contributed by atoms with E-state index in [-0.39, 0.29) is 36.6 Å². The Balaban J connectivity index is 0. The van der Waals surface area contributed by atoms with Gasteiger partial charge in [0.15, 0.2) is 0 Å². The predicted molar refractivity (Wildman–Crippen MR) is 92.4 cm³/mol. The molecule has 0 saturated heterocycles. The second kappa shape index (κ2) is 11.6. The smallest absolute Gasteiger partial charge is 0.237 e. The van der Waals surface area contributed by atoms with E-state index in [4.69, 9.17) is 5.73 Å². The molecule has 1 aromatic heterocycles. The summed E-state index contributed by atoms with van der Waals surface area (Å²) in [5, 5.41) is 6.04. The van der Waals surface area contributed by atoms with Crippen molar-refractivity contribution < 1.29 is 4.79 Å². The van der Waals surface area contributed by atoms with Crippen LogP contribution >= 0.6 is 24.8 Å². The zero-order chi connectivity index (χ0) is 14.3. The van der Waals surface area contributed by atoms with Gasteiger partial charge in [0.05, 0.1) is 6.04 Å². The fourth-order valence-corrected chi connectivity index (χ4v) is 1.51. The number of hydrogen-bond acceptors (Lipinski definition) is 4. The fourth-order valence-electron chi connectivity index (χ4n) is 1.51. The van der Waals surface area contributed by atoms with Crippen LogP contribution in [-0.2, 0) is 4.79 Å². The molecule has 0 aromatic carbocycles. The highest BCUT2D eigenvalue weighted by atomic mass is 35.5. The molecule has 1 heterocycles. The molecule has 1 rings (SSSR count). The van der Waals surface area contributed by atoms with E-state index in [9.17, 15) is 4.79 Å². The first-order chi connectivity index (χ1) is 9.00. The molecule has 7 heteroatoms.